The normalized spacial score (nSPS) is 12.8. The molecule has 0 aliphatic heterocycles. The molecule has 5 nitrogen and oxygen atoms in total. The number of amides is 1. The summed E-state index contributed by atoms with van der Waals surface area (Å²) in [7, 11) is 1.17. The topological polar surface area (TPSA) is 75.6 Å². The smallest absolute Gasteiger partial charge is 0.342 e. The third-order valence-electron chi connectivity index (χ3n) is 3.67. The number of halogens is 1. The molecule has 0 saturated heterocycles. The van der Waals surface area contributed by atoms with Crippen molar-refractivity contribution in [2.45, 2.75) is 12.0 Å². The summed E-state index contributed by atoms with van der Waals surface area (Å²) in [5, 5.41) is 14.0. The number of nitrogens with one attached hydrogen (secondary N) is 1. The van der Waals surface area contributed by atoms with Crippen LogP contribution in [-0.4, -0.2) is 24.1 Å². The van der Waals surface area contributed by atoms with E-state index in [0.29, 0.717) is 16.3 Å². The van der Waals surface area contributed by atoms with Crippen molar-refractivity contribution in [2.75, 3.05) is 12.4 Å². The van der Waals surface area contributed by atoms with Gasteiger partial charge in [-0.2, -0.15) is 0 Å². The zero-order chi connectivity index (χ0) is 18.4. The molecule has 1 amide bonds. The molecule has 0 saturated carbocycles. The highest BCUT2D eigenvalue weighted by Crippen LogP contribution is 2.30. The van der Waals surface area contributed by atoms with E-state index in [2.05, 4.69) is 11.9 Å². The summed E-state index contributed by atoms with van der Waals surface area (Å²) in [5.74, 6) is -1.38. The number of aliphatic hydroxyl groups is 1. The largest absolute Gasteiger partial charge is 0.467 e. The van der Waals surface area contributed by atoms with Crippen LogP contribution in [0.5, 0.6) is 0 Å². The van der Waals surface area contributed by atoms with Gasteiger partial charge in [-0.3, -0.25) is 4.79 Å². The van der Waals surface area contributed by atoms with Crippen molar-refractivity contribution >= 4 is 29.2 Å². The lowest BCUT2D eigenvalue weighted by molar-refractivity contribution is -0.163. The monoisotopic (exact) mass is 359 g/mol. The van der Waals surface area contributed by atoms with Gasteiger partial charge in [0.25, 0.3) is 5.91 Å². The van der Waals surface area contributed by atoms with E-state index in [1.165, 1.54) is 7.11 Å². The molecule has 25 heavy (non-hydrogen) atoms. The van der Waals surface area contributed by atoms with Gasteiger partial charge in [0, 0.05) is 22.7 Å². The number of hydrogen-bond donors (Lipinski definition) is 2. The van der Waals surface area contributed by atoms with E-state index < -0.39 is 17.5 Å². The minimum atomic E-state index is -2.00. The van der Waals surface area contributed by atoms with Crippen LogP contribution in [0.3, 0.4) is 0 Å². The molecule has 2 aromatic carbocycles. The van der Waals surface area contributed by atoms with Crippen molar-refractivity contribution in [1.82, 2.24) is 0 Å². The first kappa shape index (κ1) is 18.7. The van der Waals surface area contributed by atoms with E-state index in [4.69, 9.17) is 16.3 Å². The Bertz CT molecular complexity index is 774. The Hall–Kier alpha value is -2.63. The number of rotatable bonds is 6. The highest BCUT2D eigenvalue weighted by atomic mass is 35.5. The Morgan fingerprint density at radius 3 is 2.32 bits per heavy atom. The molecule has 2 N–H and O–H groups in total. The predicted molar refractivity (Wildman–Crippen MR) is 96.2 cm³/mol. The van der Waals surface area contributed by atoms with Gasteiger partial charge in [0.2, 0.25) is 0 Å². The average molecular weight is 360 g/mol. The maximum absolute atomic E-state index is 12.3. The van der Waals surface area contributed by atoms with E-state index in [9.17, 15) is 14.7 Å². The zero-order valence-corrected chi connectivity index (χ0v) is 14.4. The van der Waals surface area contributed by atoms with Crippen LogP contribution in [-0.2, 0) is 19.9 Å². The number of anilines is 1. The Balaban J connectivity index is 2.18. The molecular weight excluding hydrogens is 342 g/mol. The number of hydrogen-bond acceptors (Lipinski definition) is 4. The first-order chi connectivity index (χ1) is 11.9. The van der Waals surface area contributed by atoms with E-state index in [1.54, 1.807) is 54.6 Å². The van der Waals surface area contributed by atoms with Crippen molar-refractivity contribution in [3.63, 3.8) is 0 Å². The van der Waals surface area contributed by atoms with E-state index in [1.807, 2.05) is 0 Å². The van der Waals surface area contributed by atoms with Crippen LogP contribution in [0.4, 0.5) is 5.69 Å². The van der Waals surface area contributed by atoms with Crippen LogP contribution in [0.2, 0.25) is 5.02 Å². The quantitative estimate of drug-likeness (QED) is 0.613. The summed E-state index contributed by atoms with van der Waals surface area (Å²) >= 11 is 5.80. The van der Waals surface area contributed by atoms with Crippen molar-refractivity contribution < 1.29 is 19.4 Å². The second kappa shape index (κ2) is 7.96. The fourth-order valence-corrected chi connectivity index (χ4v) is 2.44. The molecular formula is C19H18ClNO4. The minimum absolute atomic E-state index is 0.0340. The summed E-state index contributed by atoms with van der Waals surface area (Å²) in [6.07, 6.45) is -0.302. The third kappa shape index (κ3) is 4.47. The molecule has 1 atom stereocenters. The van der Waals surface area contributed by atoms with Crippen LogP contribution in [0.25, 0.3) is 0 Å². The molecule has 6 heteroatoms. The SMILES string of the molecule is C=C(C[C@@](O)(C(=O)OC)c1ccccc1)C(=O)Nc1ccc(Cl)cc1. The van der Waals surface area contributed by atoms with Gasteiger partial charge in [0.05, 0.1) is 7.11 Å². The number of benzene rings is 2. The van der Waals surface area contributed by atoms with Gasteiger partial charge < -0.3 is 15.2 Å². The highest BCUT2D eigenvalue weighted by Gasteiger charge is 2.40. The number of methoxy groups -OCH3 is 1. The second-order valence-electron chi connectivity index (χ2n) is 5.46. The fraction of sp³-hybridized carbons (Fsp3) is 0.158. The van der Waals surface area contributed by atoms with Crippen molar-refractivity contribution in [3.8, 4) is 0 Å². The molecule has 0 fully saturated rings. The molecule has 2 rings (SSSR count). The molecule has 0 bridgehead atoms. The van der Waals surface area contributed by atoms with Gasteiger partial charge in [0.15, 0.2) is 5.60 Å². The minimum Gasteiger partial charge on any atom is -0.467 e. The molecule has 0 aliphatic rings. The maximum atomic E-state index is 12.3. The van der Waals surface area contributed by atoms with Gasteiger partial charge in [-0.1, -0.05) is 48.5 Å². The Morgan fingerprint density at radius 2 is 1.76 bits per heavy atom. The summed E-state index contributed by atoms with van der Waals surface area (Å²) in [5.41, 5.74) is -1.12. The lowest BCUT2D eigenvalue weighted by atomic mass is 9.87. The van der Waals surface area contributed by atoms with Gasteiger partial charge >= 0.3 is 5.97 Å². The van der Waals surface area contributed by atoms with Crippen molar-refractivity contribution in [2.24, 2.45) is 0 Å². The molecule has 0 heterocycles. The third-order valence-corrected chi connectivity index (χ3v) is 3.92. The van der Waals surface area contributed by atoms with E-state index in [0.717, 1.165) is 0 Å². The standard InChI is InChI=1S/C19H18ClNO4/c1-13(17(22)21-16-10-8-15(20)9-11-16)12-19(24,18(23)25-2)14-6-4-3-5-7-14/h3-11,24H,1,12H2,2H3,(H,21,22)/t19-/m0/s1. The number of carbonyl (C=O) groups is 2. The first-order valence-corrected chi connectivity index (χ1v) is 7.85. The van der Waals surface area contributed by atoms with Crippen LogP contribution in [0.15, 0.2) is 66.7 Å². The van der Waals surface area contributed by atoms with Crippen molar-refractivity contribution in [1.29, 1.82) is 0 Å². The molecule has 0 spiro atoms. The summed E-state index contributed by atoms with van der Waals surface area (Å²) < 4.78 is 4.71. The van der Waals surface area contributed by atoms with Crippen LogP contribution in [0.1, 0.15) is 12.0 Å². The van der Waals surface area contributed by atoms with Crippen LogP contribution < -0.4 is 5.32 Å². The zero-order valence-electron chi connectivity index (χ0n) is 13.7. The Kier molecular flexibility index (Phi) is 5.96. The lowest BCUT2D eigenvalue weighted by Gasteiger charge is -2.26. The Morgan fingerprint density at radius 1 is 1.16 bits per heavy atom. The van der Waals surface area contributed by atoms with Gasteiger partial charge in [0.1, 0.15) is 0 Å². The lowest BCUT2D eigenvalue weighted by Crippen LogP contribution is -2.38. The average Bonchev–Trinajstić information content (AvgIpc) is 2.63. The molecule has 0 unspecified atom stereocenters. The maximum Gasteiger partial charge on any atom is 0.342 e. The Labute approximate surface area is 150 Å². The second-order valence-corrected chi connectivity index (χ2v) is 5.90. The van der Waals surface area contributed by atoms with Crippen molar-refractivity contribution in [3.05, 3.63) is 77.3 Å². The summed E-state index contributed by atoms with van der Waals surface area (Å²) in [4.78, 5) is 24.4. The summed E-state index contributed by atoms with van der Waals surface area (Å²) in [6, 6.07) is 14.8. The fourth-order valence-electron chi connectivity index (χ4n) is 2.32. The van der Waals surface area contributed by atoms with Crippen LogP contribution in [0, 0.1) is 0 Å². The molecule has 0 aliphatic carbocycles. The van der Waals surface area contributed by atoms with Crippen LogP contribution >= 0.6 is 11.6 Å². The molecule has 0 radical (unpaired) electrons. The molecule has 0 aromatic heterocycles. The van der Waals surface area contributed by atoms with E-state index >= 15 is 0 Å². The highest BCUT2D eigenvalue weighted by molar-refractivity contribution is 6.30. The first-order valence-electron chi connectivity index (χ1n) is 7.48. The predicted octanol–water partition coefficient (Wildman–Crippen LogP) is 3.29. The molecule has 130 valence electrons. The van der Waals surface area contributed by atoms with Gasteiger partial charge in [-0.15, -0.1) is 0 Å². The van der Waals surface area contributed by atoms with Gasteiger partial charge in [-0.05, 0) is 29.8 Å². The number of ether oxygens (including phenoxy) is 1. The van der Waals surface area contributed by atoms with Gasteiger partial charge in [-0.25, -0.2) is 4.79 Å². The number of carbonyl (C=O) groups excluding carboxylic acids is 2. The summed E-state index contributed by atoms with van der Waals surface area (Å²) in [6.45, 7) is 3.69. The van der Waals surface area contributed by atoms with E-state index in [-0.39, 0.29) is 12.0 Å². The molecule has 2 aromatic rings. The number of esters is 1.